The van der Waals surface area contributed by atoms with Gasteiger partial charge in [-0.2, -0.15) is 0 Å². The fraction of sp³-hybridized carbons (Fsp3) is 0.0769. The molecule has 0 radical (unpaired) electrons. The predicted molar refractivity (Wildman–Crippen MR) is 81.6 cm³/mol. The third-order valence-electron chi connectivity index (χ3n) is 2.71. The van der Waals surface area contributed by atoms with E-state index < -0.39 is 20.7 Å². The predicted octanol–water partition coefficient (Wildman–Crippen LogP) is 3.39. The summed E-state index contributed by atoms with van der Waals surface area (Å²) >= 11 is 11.7. The minimum atomic E-state index is -4.17. The van der Waals surface area contributed by atoms with Gasteiger partial charge < -0.3 is 5.73 Å². The summed E-state index contributed by atoms with van der Waals surface area (Å²) in [6.07, 6.45) is 0. The van der Waals surface area contributed by atoms with Crippen molar-refractivity contribution in [2.45, 2.75) is 11.4 Å². The van der Waals surface area contributed by atoms with Gasteiger partial charge in [-0.25, -0.2) is 12.8 Å². The summed E-state index contributed by atoms with van der Waals surface area (Å²) in [5.41, 5.74) is 5.54. The highest BCUT2D eigenvalue weighted by atomic mass is 35.5. The van der Waals surface area contributed by atoms with E-state index in [0.717, 1.165) is 6.07 Å². The summed E-state index contributed by atoms with van der Waals surface area (Å²) in [5.74, 6) is -0.929. The Morgan fingerprint density at radius 1 is 1.19 bits per heavy atom. The molecule has 0 unspecified atom stereocenters. The Morgan fingerprint density at radius 3 is 2.48 bits per heavy atom. The van der Waals surface area contributed by atoms with Gasteiger partial charge in [-0.3, -0.25) is 4.72 Å². The third-order valence-corrected chi connectivity index (χ3v) is 4.62. The van der Waals surface area contributed by atoms with Crippen molar-refractivity contribution in [3.63, 3.8) is 0 Å². The van der Waals surface area contributed by atoms with E-state index in [0.29, 0.717) is 0 Å². The van der Waals surface area contributed by atoms with E-state index in [2.05, 4.69) is 4.72 Å². The van der Waals surface area contributed by atoms with Crippen LogP contribution in [0.5, 0.6) is 0 Å². The lowest BCUT2D eigenvalue weighted by atomic mass is 10.2. The van der Waals surface area contributed by atoms with Crippen LogP contribution in [0.3, 0.4) is 0 Å². The Bertz CT molecular complexity index is 782. The van der Waals surface area contributed by atoms with Gasteiger partial charge in [0.15, 0.2) is 0 Å². The molecule has 4 nitrogen and oxygen atoms in total. The quantitative estimate of drug-likeness (QED) is 0.889. The van der Waals surface area contributed by atoms with Gasteiger partial charge in [0, 0.05) is 17.1 Å². The van der Waals surface area contributed by atoms with Crippen LogP contribution in [0.2, 0.25) is 10.0 Å². The van der Waals surface area contributed by atoms with Crippen LogP contribution in [-0.2, 0) is 16.6 Å². The summed E-state index contributed by atoms with van der Waals surface area (Å²) in [5, 5.41) is 0.277. The van der Waals surface area contributed by atoms with Crippen LogP contribution < -0.4 is 10.5 Å². The fourth-order valence-electron chi connectivity index (χ4n) is 1.71. The van der Waals surface area contributed by atoms with E-state index in [9.17, 15) is 12.8 Å². The molecule has 0 saturated heterocycles. The largest absolute Gasteiger partial charge is 0.326 e. The van der Waals surface area contributed by atoms with Crippen LogP contribution in [0.4, 0.5) is 10.1 Å². The Morgan fingerprint density at radius 2 is 1.86 bits per heavy atom. The molecule has 0 bridgehead atoms. The van der Waals surface area contributed by atoms with Gasteiger partial charge >= 0.3 is 0 Å². The molecular weight excluding hydrogens is 338 g/mol. The molecule has 0 fully saturated rings. The second kappa shape index (κ2) is 6.19. The highest BCUT2D eigenvalue weighted by Crippen LogP contribution is 2.28. The van der Waals surface area contributed by atoms with Gasteiger partial charge in [0.25, 0.3) is 10.0 Å². The summed E-state index contributed by atoms with van der Waals surface area (Å²) < 4.78 is 41.0. The van der Waals surface area contributed by atoms with Crippen molar-refractivity contribution in [1.29, 1.82) is 0 Å². The van der Waals surface area contributed by atoms with Gasteiger partial charge in [-0.05, 0) is 24.3 Å². The molecule has 21 heavy (non-hydrogen) atoms. The van der Waals surface area contributed by atoms with E-state index in [1.807, 2.05) is 0 Å². The number of para-hydroxylation sites is 1. The second-order valence-corrected chi connectivity index (χ2v) is 6.66. The molecule has 0 aliphatic heterocycles. The first-order valence-corrected chi connectivity index (χ1v) is 8.04. The average Bonchev–Trinajstić information content (AvgIpc) is 2.43. The Kier molecular flexibility index (Phi) is 4.73. The maximum atomic E-state index is 14.2. The zero-order valence-corrected chi connectivity index (χ0v) is 12.9. The zero-order chi connectivity index (χ0) is 15.6. The molecular formula is C13H11Cl2FN2O2S. The van der Waals surface area contributed by atoms with Crippen LogP contribution in [-0.4, -0.2) is 8.42 Å². The first-order valence-electron chi connectivity index (χ1n) is 5.80. The van der Waals surface area contributed by atoms with E-state index in [4.69, 9.17) is 28.9 Å². The molecule has 112 valence electrons. The number of nitrogens with two attached hydrogens (primary N) is 1. The van der Waals surface area contributed by atoms with Crippen LogP contribution in [0.1, 0.15) is 5.56 Å². The summed E-state index contributed by atoms with van der Waals surface area (Å²) in [4.78, 5) is -0.574. The van der Waals surface area contributed by atoms with Crippen molar-refractivity contribution in [3.05, 3.63) is 57.8 Å². The molecule has 2 aromatic rings. The van der Waals surface area contributed by atoms with Gasteiger partial charge in [0.05, 0.1) is 10.7 Å². The first-order chi connectivity index (χ1) is 9.85. The Labute approximate surface area is 131 Å². The van der Waals surface area contributed by atoms with Crippen LogP contribution >= 0.6 is 23.2 Å². The van der Waals surface area contributed by atoms with Gasteiger partial charge in [-0.1, -0.05) is 35.3 Å². The number of halogens is 3. The summed E-state index contributed by atoms with van der Waals surface area (Å²) in [6, 6.07) is 8.53. The lowest BCUT2D eigenvalue weighted by Gasteiger charge is -2.12. The summed E-state index contributed by atoms with van der Waals surface area (Å²) in [6.45, 7) is -0.166. The normalized spacial score (nSPS) is 11.4. The Hall–Kier alpha value is -1.34. The number of benzene rings is 2. The molecule has 0 saturated carbocycles. The number of hydrogen-bond donors (Lipinski definition) is 2. The third kappa shape index (κ3) is 3.47. The molecule has 0 aliphatic carbocycles. The van der Waals surface area contributed by atoms with Crippen molar-refractivity contribution >= 4 is 38.9 Å². The highest BCUT2D eigenvalue weighted by molar-refractivity contribution is 7.92. The molecule has 2 rings (SSSR count). The standard InChI is InChI=1S/C13H11Cl2FN2O2S/c14-9-5-8(7-17)13(16)12(6-9)21(19,20)18-11-4-2-1-3-10(11)15/h1-6,18H,7,17H2. The van der Waals surface area contributed by atoms with Crippen molar-refractivity contribution in [1.82, 2.24) is 0 Å². The average molecular weight is 349 g/mol. The molecule has 0 aromatic heterocycles. The fourth-order valence-corrected chi connectivity index (χ4v) is 3.48. The molecule has 0 aliphatic rings. The van der Waals surface area contributed by atoms with Crippen LogP contribution in [0.15, 0.2) is 41.3 Å². The maximum Gasteiger partial charge on any atom is 0.264 e. The van der Waals surface area contributed by atoms with Gasteiger partial charge in [-0.15, -0.1) is 0 Å². The van der Waals surface area contributed by atoms with E-state index in [-0.39, 0.29) is 27.8 Å². The monoisotopic (exact) mass is 348 g/mol. The minimum Gasteiger partial charge on any atom is -0.326 e. The molecule has 0 spiro atoms. The number of nitrogens with one attached hydrogen (secondary N) is 1. The van der Waals surface area contributed by atoms with E-state index in [1.54, 1.807) is 12.1 Å². The van der Waals surface area contributed by atoms with Crippen LogP contribution in [0, 0.1) is 5.82 Å². The van der Waals surface area contributed by atoms with E-state index >= 15 is 0 Å². The topological polar surface area (TPSA) is 72.2 Å². The van der Waals surface area contributed by atoms with Gasteiger partial charge in [0.1, 0.15) is 10.7 Å². The zero-order valence-electron chi connectivity index (χ0n) is 10.6. The highest BCUT2D eigenvalue weighted by Gasteiger charge is 2.23. The molecule has 0 heterocycles. The molecule has 0 amide bonds. The molecule has 2 aromatic carbocycles. The molecule has 8 heteroatoms. The minimum absolute atomic E-state index is 0.0158. The lowest BCUT2D eigenvalue weighted by Crippen LogP contribution is -2.16. The number of rotatable bonds is 4. The van der Waals surface area contributed by atoms with Crippen molar-refractivity contribution < 1.29 is 12.8 Å². The van der Waals surface area contributed by atoms with E-state index in [1.165, 1.54) is 18.2 Å². The lowest BCUT2D eigenvalue weighted by molar-refractivity contribution is 0.561. The summed E-state index contributed by atoms with van der Waals surface area (Å²) in [7, 11) is -4.17. The number of hydrogen-bond acceptors (Lipinski definition) is 3. The smallest absolute Gasteiger partial charge is 0.264 e. The van der Waals surface area contributed by atoms with Gasteiger partial charge in [0.2, 0.25) is 0 Å². The first kappa shape index (κ1) is 16.0. The van der Waals surface area contributed by atoms with Crippen molar-refractivity contribution in [2.75, 3.05) is 4.72 Å². The SMILES string of the molecule is NCc1cc(Cl)cc(S(=O)(=O)Nc2ccccc2Cl)c1F. The maximum absolute atomic E-state index is 14.2. The number of sulfonamides is 1. The molecule has 0 atom stereocenters. The second-order valence-electron chi connectivity index (χ2n) is 4.17. The van der Waals surface area contributed by atoms with Crippen molar-refractivity contribution in [3.8, 4) is 0 Å². The molecule has 3 N–H and O–H groups in total. The van der Waals surface area contributed by atoms with Crippen molar-refractivity contribution in [2.24, 2.45) is 5.73 Å². The number of anilines is 1. The Balaban J connectivity index is 2.50. The van der Waals surface area contributed by atoms with Crippen LogP contribution in [0.25, 0.3) is 0 Å².